The number of amides is 1. The third-order valence-corrected chi connectivity index (χ3v) is 6.70. The first-order valence-corrected chi connectivity index (χ1v) is 10.8. The van der Waals surface area contributed by atoms with Crippen LogP contribution < -0.4 is 5.32 Å². The Labute approximate surface area is 169 Å². The van der Waals surface area contributed by atoms with Gasteiger partial charge in [0.15, 0.2) is 0 Å². The number of hydrogen-bond donors (Lipinski definition) is 2. The number of thiazole rings is 1. The summed E-state index contributed by atoms with van der Waals surface area (Å²) in [5, 5.41) is 16.3. The zero-order valence-electron chi connectivity index (χ0n) is 16.1. The predicted octanol–water partition coefficient (Wildman–Crippen LogP) is 4.16. The minimum Gasteiger partial charge on any atom is -0.393 e. The minimum atomic E-state index is -0.200. The van der Waals surface area contributed by atoms with Crippen molar-refractivity contribution in [2.75, 3.05) is 0 Å². The lowest BCUT2D eigenvalue weighted by Crippen LogP contribution is -2.39. The number of nitrogens with zero attached hydrogens (tertiary/aromatic N) is 1. The molecule has 5 heteroatoms. The highest BCUT2D eigenvalue weighted by atomic mass is 32.1. The van der Waals surface area contributed by atoms with Gasteiger partial charge < -0.3 is 10.4 Å². The molecule has 2 aromatic carbocycles. The lowest BCUT2D eigenvalue weighted by Gasteiger charge is -2.26. The van der Waals surface area contributed by atoms with E-state index in [0.29, 0.717) is 6.42 Å². The molecular weight excluding hydrogens is 368 g/mol. The van der Waals surface area contributed by atoms with Gasteiger partial charge in [0.2, 0.25) is 5.91 Å². The second kappa shape index (κ2) is 8.41. The maximum Gasteiger partial charge on any atom is 0.225 e. The van der Waals surface area contributed by atoms with Gasteiger partial charge in [-0.3, -0.25) is 4.79 Å². The third-order valence-electron chi connectivity index (χ3n) is 5.54. The molecule has 0 aliphatic heterocycles. The van der Waals surface area contributed by atoms with E-state index < -0.39 is 0 Å². The highest BCUT2D eigenvalue weighted by Gasteiger charge is 2.21. The number of rotatable bonds is 5. The zero-order valence-corrected chi connectivity index (χ0v) is 17.0. The monoisotopic (exact) mass is 394 g/mol. The number of aryl methyl sites for hydroxylation is 1. The molecule has 3 aromatic rings. The zero-order chi connectivity index (χ0) is 19.5. The molecule has 0 atom stereocenters. The normalized spacial score (nSPS) is 19.6. The van der Waals surface area contributed by atoms with E-state index in [0.717, 1.165) is 47.7 Å². The smallest absolute Gasteiger partial charge is 0.225 e. The largest absolute Gasteiger partial charge is 0.393 e. The van der Waals surface area contributed by atoms with Gasteiger partial charge in [0.25, 0.3) is 0 Å². The van der Waals surface area contributed by atoms with Crippen LogP contribution in [0.4, 0.5) is 0 Å². The molecule has 4 rings (SSSR count). The fourth-order valence-electron chi connectivity index (χ4n) is 3.98. The first-order chi connectivity index (χ1) is 13.6. The number of aromatic nitrogens is 1. The summed E-state index contributed by atoms with van der Waals surface area (Å²) in [5.41, 5.74) is 2.22. The van der Waals surface area contributed by atoms with Crippen molar-refractivity contribution in [2.45, 2.75) is 57.6 Å². The van der Waals surface area contributed by atoms with Crippen molar-refractivity contribution in [1.29, 1.82) is 0 Å². The quantitative estimate of drug-likeness (QED) is 0.683. The standard InChI is InChI=1S/C23H26N2O2S/c1-15-21(14-22(27)25-18-9-11-19(26)12-10-18)28-23(24-15)13-17-7-4-6-16-5-2-3-8-20(16)17/h2-8,18-19,26H,9-14H2,1H3,(H,25,27). The SMILES string of the molecule is Cc1nc(Cc2cccc3ccccc23)sc1CC(=O)NC1CCC(O)CC1. The lowest BCUT2D eigenvalue weighted by atomic mass is 9.93. The van der Waals surface area contributed by atoms with Crippen LogP contribution >= 0.6 is 11.3 Å². The predicted molar refractivity (Wildman–Crippen MR) is 114 cm³/mol. The van der Waals surface area contributed by atoms with Gasteiger partial charge in [-0.2, -0.15) is 0 Å². The van der Waals surface area contributed by atoms with Gasteiger partial charge in [-0.1, -0.05) is 42.5 Å². The number of aliphatic hydroxyl groups is 1. The van der Waals surface area contributed by atoms with Gasteiger partial charge in [0, 0.05) is 17.3 Å². The Kier molecular flexibility index (Phi) is 5.74. The second-order valence-electron chi connectivity index (χ2n) is 7.68. The summed E-state index contributed by atoms with van der Waals surface area (Å²) in [6.45, 7) is 1.99. The van der Waals surface area contributed by atoms with E-state index in [-0.39, 0.29) is 18.1 Å². The van der Waals surface area contributed by atoms with Crippen LogP contribution in [0.2, 0.25) is 0 Å². The Morgan fingerprint density at radius 3 is 2.71 bits per heavy atom. The van der Waals surface area contributed by atoms with E-state index in [2.05, 4.69) is 47.8 Å². The van der Waals surface area contributed by atoms with Crippen molar-refractivity contribution >= 4 is 28.0 Å². The number of carbonyl (C=O) groups excluding carboxylic acids is 1. The molecule has 1 aromatic heterocycles. The molecule has 4 nitrogen and oxygen atoms in total. The maximum atomic E-state index is 12.5. The molecule has 1 fully saturated rings. The Bertz CT molecular complexity index is 968. The van der Waals surface area contributed by atoms with Crippen molar-refractivity contribution in [2.24, 2.45) is 0 Å². The number of aliphatic hydroxyl groups excluding tert-OH is 1. The van der Waals surface area contributed by atoms with Crippen LogP contribution in [0.15, 0.2) is 42.5 Å². The fourth-order valence-corrected chi connectivity index (χ4v) is 5.07. The van der Waals surface area contributed by atoms with Crippen LogP contribution in [0, 0.1) is 6.92 Å². The Hall–Kier alpha value is -2.24. The van der Waals surface area contributed by atoms with Crippen LogP contribution in [-0.2, 0) is 17.6 Å². The molecular formula is C23H26N2O2S. The molecule has 1 aliphatic rings. The van der Waals surface area contributed by atoms with Crippen LogP contribution in [0.1, 0.15) is 46.8 Å². The minimum absolute atomic E-state index is 0.0600. The molecule has 1 heterocycles. The topological polar surface area (TPSA) is 62.2 Å². The first-order valence-electron chi connectivity index (χ1n) is 9.98. The number of carbonyl (C=O) groups is 1. The van der Waals surface area contributed by atoms with E-state index >= 15 is 0 Å². The molecule has 0 radical (unpaired) electrons. The van der Waals surface area contributed by atoms with Crippen molar-refractivity contribution in [3.63, 3.8) is 0 Å². The maximum absolute atomic E-state index is 12.5. The van der Waals surface area contributed by atoms with E-state index in [1.807, 2.05) is 6.92 Å². The molecule has 1 aliphatic carbocycles. The van der Waals surface area contributed by atoms with Gasteiger partial charge in [0.05, 0.1) is 23.2 Å². The second-order valence-corrected chi connectivity index (χ2v) is 8.85. The van der Waals surface area contributed by atoms with E-state index in [1.165, 1.54) is 16.3 Å². The van der Waals surface area contributed by atoms with Crippen LogP contribution in [0.25, 0.3) is 10.8 Å². The first kappa shape index (κ1) is 19.1. The average molecular weight is 395 g/mol. The molecule has 146 valence electrons. The van der Waals surface area contributed by atoms with E-state index in [4.69, 9.17) is 4.98 Å². The van der Waals surface area contributed by atoms with Gasteiger partial charge in [-0.25, -0.2) is 4.98 Å². The van der Waals surface area contributed by atoms with Crippen molar-refractivity contribution in [3.8, 4) is 0 Å². The molecule has 2 N–H and O–H groups in total. The molecule has 28 heavy (non-hydrogen) atoms. The summed E-state index contributed by atoms with van der Waals surface area (Å²) in [6.07, 6.45) is 4.25. The van der Waals surface area contributed by atoms with Crippen molar-refractivity contribution < 1.29 is 9.90 Å². The van der Waals surface area contributed by atoms with Gasteiger partial charge in [-0.15, -0.1) is 11.3 Å². The molecule has 1 saturated carbocycles. The summed E-state index contributed by atoms with van der Waals surface area (Å²) in [5.74, 6) is 0.0600. The molecule has 0 bridgehead atoms. The molecule has 0 saturated heterocycles. The van der Waals surface area contributed by atoms with E-state index in [1.54, 1.807) is 11.3 Å². The summed E-state index contributed by atoms with van der Waals surface area (Å²) < 4.78 is 0. The Morgan fingerprint density at radius 1 is 1.14 bits per heavy atom. The number of benzene rings is 2. The molecule has 0 spiro atoms. The highest BCUT2D eigenvalue weighted by Crippen LogP contribution is 2.26. The molecule has 0 unspecified atom stereocenters. The van der Waals surface area contributed by atoms with Gasteiger partial charge in [-0.05, 0) is 48.9 Å². The highest BCUT2D eigenvalue weighted by molar-refractivity contribution is 7.11. The molecule has 1 amide bonds. The third kappa shape index (κ3) is 4.42. The Morgan fingerprint density at radius 2 is 1.89 bits per heavy atom. The average Bonchev–Trinajstić information content (AvgIpc) is 3.03. The van der Waals surface area contributed by atoms with Crippen LogP contribution in [0.3, 0.4) is 0 Å². The van der Waals surface area contributed by atoms with Crippen LogP contribution in [0.5, 0.6) is 0 Å². The Balaban J connectivity index is 1.42. The van der Waals surface area contributed by atoms with Crippen molar-refractivity contribution in [1.82, 2.24) is 10.3 Å². The fraction of sp³-hybridized carbons (Fsp3) is 0.391. The summed E-state index contributed by atoms with van der Waals surface area (Å²) >= 11 is 1.64. The van der Waals surface area contributed by atoms with Crippen molar-refractivity contribution in [3.05, 3.63) is 63.6 Å². The van der Waals surface area contributed by atoms with Gasteiger partial charge >= 0.3 is 0 Å². The number of nitrogens with one attached hydrogen (secondary N) is 1. The number of fused-ring (bicyclic) bond motifs is 1. The summed E-state index contributed by atoms with van der Waals surface area (Å²) in [6, 6.07) is 15.0. The van der Waals surface area contributed by atoms with Gasteiger partial charge in [0.1, 0.15) is 0 Å². The van der Waals surface area contributed by atoms with Crippen LogP contribution in [-0.4, -0.2) is 28.1 Å². The summed E-state index contributed by atoms with van der Waals surface area (Å²) in [4.78, 5) is 18.2. The lowest BCUT2D eigenvalue weighted by molar-refractivity contribution is -0.121. The summed E-state index contributed by atoms with van der Waals surface area (Å²) in [7, 11) is 0. The number of hydrogen-bond acceptors (Lipinski definition) is 4. The van der Waals surface area contributed by atoms with E-state index in [9.17, 15) is 9.90 Å².